The number of halogens is 3. The molecule has 0 aliphatic rings. The minimum absolute atomic E-state index is 0.0869. The van der Waals surface area contributed by atoms with Crippen LogP contribution in [0, 0.1) is 11.3 Å². The fraction of sp³-hybridized carbons (Fsp3) is 0.0750. The summed E-state index contributed by atoms with van der Waals surface area (Å²) in [6, 6.07) is 43.7. The summed E-state index contributed by atoms with van der Waals surface area (Å²) in [6.07, 6.45) is 0.360. The van der Waals surface area contributed by atoms with Crippen molar-refractivity contribution in [2.45, 2.75) is 18.3 Å². The summed E-state index contributed by atoms with van der Waals surface area (Å²) in [5, 5.41) is 15.5. The number of alkyl halides is 3. The van der Waals surface area contributed by atoms with Gasteiger partial charge in [-0.2, -0.15) is 26.9 Å². The molecule has 0 spiro atoms. The van der Waals surface area contributed by atoms with Gasteiger partial charge < -0.3 is 4.18 Å². The zero-order valence-electron chi connectivity index (χ0n) is 25.3. The number of rotatable bonds is 7. The van der Waals surface area contributed by atoms with E-state index in [4.69, 9.17) is 4.18 Å². The van der Waals surface area contributed by atoms with Crippen molar-refractivity contribution in [2.24, 2.45) is 0 Å². The van der Waals surface area contributed by atoms with E-state index in [1.807, 2.05) is 48.5 Å². The predicted molar refractivity (Wildman–Crippen MR) is 183 cm³/mol. The first-order valence-corrected chi connectivity index (χ1v) is 16.6. The highest BCUT2D eigenvalue weighted by Gasteiger charge is 2.48. The van der Waals surface area contributed by atoms with Crippen molar-refractivity contribution in [3.8, 4) is 22.9 Å². The van der Waals surface area contributed by atoms with Crippen LogP contribution in [0.1, 0.15) is 27.8 Å². The van der Waals surface area contributed by atoms with E-state index in [0.29, 0.717) is 16.7 Å². The van der Waals surface area contributed by atoms with Gasteiger partial charge in [0.1, 0.15) is 5.75 Å². The molecule has 236 valence electrons. The molecule has 0 aromatic heterocycles. The quantitative estimate of drug-likeness (QED) is 0.0972. The predicted octanol–water partition coefficient (Wildman–Crippen LogP) is 10.1. The lowest BCUT2D eigenvalue weighted by Gasteiger charge is -2.20. The van der Waals surface area contributed by atoms with Crippen LogP contribution < -0.4 is 4.18 Å². The lowest BCUT2D eigenvalue weighted by Crippen LogP contribution is -2.28. The topological polar surface area (TPSA) is 67.2 Å². The third-order valence-corrected chi connectivity index (χ3v) is 9.54. The number of nitriles is 1. The summed E-state index contributed by atoms with van der Waals surface area (Å²) in [5.41, 5.74) is -0.801. The molecular weight excluding hydrogens is 632 g/mol. The Bertz CT molecular complexity index is 2500. The molecule has 0 atom stereocenters. The first kappa shape index (κ1) is 31.0. The largest absolute Gasteiger partial charge is 0.534 e. The molecule has 0 saturated heterocycles. The molecule has 0 heterocycles. The molecule has 0 N–H and O–H groups in total. The van der Waals surface area contributed by atoms with Crippen LogP contribution in [0.15, 0.2) is 133 Å². The van der Waals surface area contributed by atoms with E-state index in [1.54, 1.807) is 30.3 Å². The van der Waals surface area contributed by atoms with Gasteiger partial charge in [0, 0.05) is 12.0 Å². The van der Waals surface area contributed by atoms with Crippen molar-refractivity contribution in [3.63, 3.8) is 0 Å². The van der Waals surface area contributed by atoms with Crippen LogP contribution in [0.3, 0.4) is 0 Å². The first-order valence-electron chi connectivity index (χ1n) is 15.1. The molecule has 0 aliphatic heterocycles. The molecule has 4 nitrogen and oxygen atoms in total. The maximum absolute atomic E-state index is 13.6. The van der Waals surface area contributed by atoms with Gasteiger partial charge >= 0.3 is 15.6 Å². The van der Waals surface area contributed by atoms with Gasteiger partial charge in [-0.3, -0.25) is 0 Å². The van der Waals surface area contributed by atoms with Gasteiger partial charge in [-0.05, 0) is 103 Å². The standard InChI is InChI=1S/C40H26F3NO3S/c41-40(42,43)48(45,46)47-38-15-7-12-30(20-26-16-18-27(25-44)19-17-26)36(38)24-32-11-4-6-14-35(32)39-34-13-5-3-10-31(34)22-33-21-28-8-1-2-9-29(28)23-37(33)39/h1-19,21-23H,20,24H2. The fourth-order valence-electron chi connectivity index (χ4n) is 6.29. The van der Waals surface area contributed by atoms with Gasteiger partial charge in [0.05, 0.1) is 11.6 Å². The van der Waals surface area contributed by atoms with Crippen LogP contribution in [-0.2, 0) is 23.0 Å². The van der Waals surface area contributed by atoms with E-state index >= 15 is 0 Å². The second-order valence-electron chi connectivity index (χ2n) is 11.6. The van der Waals surface area contributed by atoms with Crippen LogP contribution in [0.25, 0.3) is 43.4 Å². The van der Waals surface area contributed by atoms with Crippen molar-refractivity contribution in [3.05, 3.63) is 161 Å². The average Bonchev–Trinajstić information content (AvgIpc) is 3.08. The molecule has 7 rings (SSSR count). The molecule has 7 aromatic carbocycles. The molecule has 0 radical (unpaired) electrons. The van der Waals surface area contributed by atoms with Crippen molar-refractivity contribution in [2.75, 3.05) is 0 Å². The number of nitrogens with zero attached hydrogens (tertiary/aromatic N) is 1. The summed E-state index contributed by atoms with van der Waals surface area (Å²) in [5.74, 6) is -0.387. The van der Waals surface area contributed by atoms with Crippen LogP contribution in [0.2, 0.25) is 0 Å². The van der Waals surface area contributed by atoms with Gasteiger partial charge in [0.2, 0.25) is 0 Å². The van der Waals surface area contributed by atoms with Gasteiger partial charge in [-0.15, -0.1) is 0 Å². The maximum Gasteiger partial charge on any atom is 0.534 e. The second kappa shape index (κ2) is 12.2. The molecule has 0 saturated carbocycles. The smallest absolute Gasteiger partial charge is 0.376 e. The SMILES string of the molecule is N#Cc1ccc(Cc2cccc(OS(=O)(=O)C(F)(F)F)c2Cc2ccccc2-c2c3ccccc3cc3cc4ccccc4cc23)cc1. The summed E-state index contributed by atoms with van der Waals surface area (Å²) in [7, 11) is -5.94. The van der Waals surface area contributed by atoms with E-state index in [0.717, 1.165) is 54.6 Å². The molecule has 48 heavy (non-hydrogen) atoms. The Morgan fingerprint density at radius 3 is 1.98 bits per heavy atom. The molecule has 0 aliphatic carbocycles. The van der Waals surface area contributed by atoms with E-state index in [1.165, 1.54) is 12.1 Å². The van der Waals surface area contributed by atoms with Crippen molar-refractivity contribution in [1.29, 1.82) is 5.26 Å². The summed E-state index contributed by atoms with van der Waals surface area (Å²) in [6.45, 7) is 0. The normalized spacial score (nSPS) is 12.0. The van der Waals surface area contributed by atoms with Crippen LogP contribution >= 0.6 is 0 Å². The van der Waals surface area contributed by atoms with Crippen LogP contribution in [0.4, 0.5) is 13.2 Å². The minimum Gasteiger partial charge on any atom is -0.376 e. The summed E-state index contributed by atoms with van der Waals surface area (Å²) >= 11 is 0. The van der Waals surface area contributed by atoms with Crippen LogP contribution in [-0.4, -0.2) is 13.9 Å². The molecule has 0 amide bonds. The van der Waals surface area contributed by atoms with Crippen LogP contribution in [0.5, 0.6) is 5.75 Å². The Balaban J connectivity index is 1.43. The van der Waals surface area contributed by atoms with E-state index in [-0.39, 0.29) is 18.6 Å². The zero-order valence-corrected chi connectivity index (χ0v) is 26.1. The Kier molecular flexibility index (Phi) is 7.86. The Hall–Kier alpha value is -5.65. The fourth-order valence-corrected chi connectivity index (χ4v) is 6.78. The molecule has 7 aromatic rings. The number of hydrogen-bond acceptors (Lipinski definition) is 4. The Labute approximate surface area is 275 Å². The molecule has 8 heteroatoms. The third-order valence-electron chi connectivity index (χ3n) is 8.57. The van der Waals surface area contributed by atoms with Gasteiger partial charge in [0.25, 0.3) is 0 Å². The van der Waals surface area contributed by atoms with E-state index < -0.39 is 15.6 Å². The number of fused-ring (bicyclic) bond motifs is 3. The van der Waals surface area contributed by atoms with E-state index in [2.05, 4.69) is 48.5 Å². The molecule has 0 fully saturated rings. The zero-order chi connectivity index (χ0) is 33.5. The highest BCUT2D eigenvalue weighted by atomic mass is 32.2. The highest BCUT2D eigenvalue weighted by Crippen LogP contribution is 2.41. The summed E-state index contributed by atoms with van der Waals surface area (Å²) in [4.78, 5) is 0. The average molecular weight is 658 g/mol. The maximum atomic E-state index is 13.6. The highest BCUT2D eigenvalue weighted by molar-refractivity contribution is 7.88. The minimum atomic E-state index is -5.94. The second-order valence-corrected chi connectivity index (χ2v) is 13.1. The van der Waals surface area contributed by atoms with Gasteiger partial charge in [0.15, 0.2) is 0 Å². The van der Waals surface area contributed by atoms with Crippen molar-refractivity contribution >= 4 is 42.4 Å². The molecule has 0 unspecified atom stereocenters. The van der Waals surface area contributed by atoms with Gasteiger partial charge in [-0.25, -0.2) is 0 Å². The number of benzene rings is 7. The lowest BCUT2D eigenvalue weighted by atomic mass is 9.86. The van der Waals surface area contributed by atoms with E-state index in [9.17, 15) is 26.9 Å². The molecule has 0 bridgehead atoms. The van der Waals surface area contributed by atoms with Gasteiger partial charge in [-0.1, -0.05) is 97.1 Å². The Morgan fingerprint density at radius 1 is 0.625 bits per heavy atom. The first-order chi connectivity index (χ1) is 23.1. The lowest BCUT2D eigenvalue weighted by molar-refractivity contribution is -0.0500. The third kappa shape index (κ3) is 5.85. The van der Waals surface area contributed by atoms with Crippen molar-refractivity contribution < 1.29 is 25.8 Å². The number of hydrogen-bond donors (Lipinski definition) is 0. The summed E-state index contributed by atoms with van der Waals surface area (Å²) < 4.78 is 70.0. The molecular formula is C40H26F3NO3S. The van der Waals surface area contributed by atoms with Crippen molar-refractivity contribution in [1.82, 2.24) is 0 Å². The monoisotopic (exact) mass is 657 g/mol. The Morgan fingerprint density at radius 2 is 1.25 bits per heavy atom.